The molecule has 0 aromatic carbocycles. The van der Waals surface area contributed by atoms with Crippen LogP contribution in [0.5, 0.6) is 0 Å². The number of halogens is 3. The van der Waals surface area contributed by atoms with Crippen LogP contribution in [0.2, 0.25) is 0 Å². The van der Waals surface area contributed by atoms with Gasteiger partial charge < -0.3 is 10.8 Å². The average Bonchev–Trinajstić information content (AvgIpc) is 2.02. The molecule has 0 aliphatic carbocycles. The lowest BCUT2D eigenvalue weighted by Crippen LogP contribution is -2.09. The number of aromatic nitrogens is 1. The minimum absolute atomic E-state index is 0.0717. The number of anilines is 1. The maximum absolute atomic E-state index is 12.3. The second-order valence-electron chi connectivity index (χ2n) is 2.39. The van der Waals surface area contributed by atoms with Crippen molar-refractivity contribution in [3.63, 3.8) is 0 Å². The minimum Gasteiger partial charge on any atom is -0.478 e. The van der Waals surface area contributed by atoms with Crippen LogP contribution in [-0.4, -0.2) is 16.1 Å². The maximum Gasteiger partial charge on any atom is 0.340 e. The topological polar surface area (TPSA) is 76.2 Å². The number of hydrogen-bond acceptors (Lipinski definition) is 3. The fourth-order valence-corrected chi connectivity index (χ4v) is 1.75. The van der Waals surface area contributed by atoms with Gasteiger partial charge in [-0.05, 0) is 22.6 Å². The monoisotopic (exact) mass is 314 g/mol. The Morgan fingerprint density at radius 2 is 2.21 bits per heavy atom. The predicted octanol–water partition coefficient (Wildman–Crippen LogP) is 1.90. The molecule has 14 heavy (non-hydrogen) atoms. The van der Waals surface area contributed by atoms with E-state index in [2.05, 4.69) is 4.98 Å². The van der Waals surface area contributed by atoms with Crippen molar-refractivity contribution >= 4 is 34.4 Å². The van der Waals surface area contributed by atoms with Gasteiger partial charge in [0.2, 0.25) is 0 Å². The smallest absolute Gasteiger partial charge is 0.340 e. The summed E-state index contributed by atoms with van der Waals surface area (Å²) in [5.74, 6) is -1.62. The first-order chi connectivity index (χ1) is 6.45. The van der Waals surface area contributed by atoms with Gasteiger partial charge in [0.15, 0.2) is 0 Å². The average molecular weight is 314 g/mol. The molecule has 7 heteroatoms. The van der Waals surface area contributed by atoms with E-state index in [1.807, 2.05) is 0 Å². The zero-order valence-electron chi connectivity index (χ0n) is 6.67. The van der Waals surface area contributed by atoms with Gasteiger partial charge in [0.05, 0.1) is 5.56 Å². The molecule has 0 fully saturated rings. The largest absolute Gasteiger partial charge is 0.478 e. The van der Waals surface area contributed by atoms with Gasteiger partial charge in [-0.15, -0.1) is 0 Å². The lowest BCUT2D eigenvalue weighted by molar-refractivity contribution is 0.0696. The van der Waals surface area contributed by atoms with Gasteiger partial charge in [0.25, 0.3) is 6.43 Å². The van der Waals surface area contributed by atoms with Gasteiger partial charge in [0, 0.05) is 9.77 Å². The summed E-state index contributed by atoms with van der Waals surface area (Å²) in [6.45, 7) is 0. The molecule has 0 saturated carbocycles. The lowest BCUT2D eigenvalue weighted by atomic mass is 10.2. The van der Waals surface area contributed by atoms with E-state index in [0.29, 0.717) is 0 Å². The summed E-state index contributed by atoms with van der Waals surface area (Å²) in [4.78, 5) is 14.0. The van der Waals surface area contributed by atoms with Gasteiger partial charge >= 0.3 is 5.97 Å². The molecule has 0 bridgehead atoms. The van der Waals surface area contributed by atoms with Crippen molar-refractivity contribution in [3.05, 3.63) is 20.9 Å². The molecule has 1 rings (SSSR count). The van der Waals surface area contributed by atoms with Crippen molar-refractivity contribution in [1.29, 1.82) is 0 Å². The molecular weight excluding hydrogens is 309 g/mol. The highest BCUT2D eigenvalue weighted by Gasteiger charge is 2.21. The molecule has 0 radical (unpaired) electrons. The molecule has 0 spiro atoms. The molecule has 0 saturated heterocycles. The number of nitrogens with zero attached hydrogens (tertiary/aromatic N) is 1. The van der Waals surface area contributed by atoms with E-state index >= 15 is 0 Å². The summed E-state index contributed by atoms with van der Waals surface area (Å²) >= 11 is 1.52. The summed E-state index contributed by atoms with van der Waals surface area (Å²) in [5.41, 5.74) is 4.46. The Morgan fingerprint density at radius 3 is 2.64 bits per heavy atom. The van der Waals surface area contributed by atoms with Gasteiger partial charge in [-0.2, -0.15) is 0 Å². The number of alkyl halides is 2. The molecule has 1 aromatic heterocycles. The van der Waals surface area contributed by atoms with E-state index < -0.39 is 18.0 Å². The highest BCUT2D eigenvalue weighted by Crippen LogP contribution is 2.28. The number of carboxylic acid groups (broad SMARTS) is 1. The van der Waals surface area contributed by atoms with E-state index in [4.69, 9.17) is 10.8 Å². The number of hydrogen-bond donors (Lipinski definition) is 2. The van der Waals surface area contributed by atoms with Crippen molar-refractivity contribution in [3.8, 4) is 0 Å². The number of rotatable bonds is 2. The summed E-state index contributed by atoms with van der Waals surface area (Å²) in [7, 11) is 0. The van der Waals surface area contributed by atoms with Gasteiger partial charge in [-0.3, -0.25) is 0 Å². The van der Waals surface area contributed by atoms with Crippen molar-refractivity contribution < 1.29 is 18.7 Å². The van der Waals surface area contributed by atoms with E-state index in [1.165, 1.54) is 22.6 Å². The molecule has 0 amide bonds. The highest BCUT2D eigenvalue weighted by molar-refractivity contribution is 14.1. The lowest BCUT2D eigenvalue weighted by Gasteiger charge is -2.07. The summed E-state index contributed by atoms with van der Waals surface area (Å²) in [6, 6.07) is 0. The third-order valence-corrected chi connectivity index (χ3v) is 2.68. The Morgan fingerprint density at radius 1 is 1.64 bits per heavy atom. The normalized spacial score (nSPS) is 10.6. The molecule has 0 unspecified atom stereocenters. The summed E-state index contributed by atoms with van der Waals surface area (Å²) in [5, 5.41) is 8.68. The van der Waals surface area contributed by atoms with E-state index in [0.717, 1.165) is 6.20 Å². The van der Waals surface area contributed by atoms with E-state index in [9.17, 15) is 13.6 Å². The molecule has 0 aliphatic heterocycles. The zero-order valence-corrected chi connectivity index (χ0v) is 8.83. The van der Waals surface area contributed by atoms with Crippen LogP contribution in [-0.2, 0) is 0 Å². The molecule has 3 N–H and O–H groups in total. The first-order valence-corrected chi connectivity index (χ1v) is 4.48. The Hall–Kier alpha value is -0.990. The van der Waals surface area contributed by atoms with Crippen molar-refractivity contribution in [2.24, 2.45) is 0 Å². The third kappa shape index (κ3) is 1.91. The maximum atomic E-state index is 12.3. The highest BCUT2D eigenvalue weighted by atomic mass is 127. The van der Waals surface area contributed by atoms with Crippen LogP contribution in [0.25, 0.3) is 0 Å². The van der Waals surface area contributed by atoms with Crippen molar-refractivity contribution in [1.82, 2.24) is 4.98 Å². The van der Waals surface area contributed by atoms with Gasteiger partial charge in [0.1, 0.15) is 11.4 Å². The second kappa shape index (κ2) is 4.03. The van der Waals surface area contributed by atoms with Crippen LogP contribution in [0, 0.1) is 3.57 Å². The number of carbonyl (C=O) groups is 1. The first-order valence-electron chi connectivity index (χ1n) is 3.40. The molecule has 0 atom stereocenters. The number of pyridine rings is 1. The Bertz CT molecular complexity index is 384. The number of carboxylic acids is 1. The molecular formula is C7H5F2IN2O2. The van der Waals surface area contributed by atoms with Crippen LogP contribution < -0.4 is 5.73 Å². The Kier molecular flexibility index (Phi) is 3.19. The molecule has 1 aromatic rings. The first kappa shape index (κ1) is 11.1. The molecule has 1 heterocycles. The van der Waals surface area contributed by atoms with Crippen molar-refractivity contribution in [2.75, 3.05) is 5.73 Å². The Balaban J connectivity index is 3.41. The number of nitrogen functional groups attached to an aromatic ring is 1. The van der Waals surface area contributed by atoms with Crippen LogP contribution in [0.15, 0.2) is 6.20 Å². The predicted molar refractivity (Wildman–Crippen MR) is 53.3 cm³/mol. The third-order valence-electron chi connectivity index (χ3n) is 1.52. The quantitative estimate of drug-likeness (QED) is 0.818. The van der Waals surface area contributed by atoms with Crippen molar-refractivity contribution in [2.45, 2.75) is 6.43 Å². The summed E-state index contributed by atoms with van der Waals surface area (Å²) < 4.78 is 24.6. The summed E-state index contributed by atoms with van der Waals surface area (Å²) in [6.07, 6.45) is -1.87. The van der Waals surface area contributed by atoms with Gasteiger partial charge in [-0.1, -0.05) is 0 Å². The number of aromatic carboxylic acids is 1. The van der Waals surface area contributed by atoms with E-state index in [-0.39, 0.29) is 15.0 Å². The number of nitrogens with two attached hydrogens (primary N) is 1. The molecule has 76 valence electrons. The van der Waals surface area contributed by atoms with Crippen LogP contribution in [0.1, 0.15) is 22.3 Å². The van der Waals surface area contributed by atoms with Gasteiger partial charge in [-0.25, -0.2) is 18.6 Å². The standard InChI is InChI=1S/C7H5F2IN2O2/c8-5(9)2-1-12-6(11)3(4(2)10)7(13)14/h1,5H,(H2,11,12)(H,13,14). The minimum atomic E-state index is -2.76. The molecule has 4 nitrogen and oxygen atoms in total. The second-order valence-corrected chi connectivity index (χ2v) is 3.47. The SMILES string of the molecule is Nc1ncc(C(F)F)c(I)c1C(=O)O. The fourth-order valence-electron chi connectivity index (χ4n) is 0.873. The molecule has 0 aliphatic rings. The zero-order chi connectivity index (χ0) is 10.9. The van der Waals surface area contributed by atoms with Crippen LogP contribution >= 0.6 is 22.6 Å². The fraction of sp³-hybridized carbons (Fsp3) is 0.143. The van der Waals surface area contributed by atoms with E-state index in [1.54, 1.807) is 0 Å². The van der Waals surface area contributed by atoms with Crippen LogP contribution in [0.4, 0.5) is 14.6 Å². The van der Waals surface area contributed by atoms with Crippen LogP contribution in [0.3, 0.4) is 0 Å². The Labute approximate surface area is 91.3 Å².